The van der Waals surface area contributed by atoms with Gasteiger partial charge < -0.3 is 14.8 Å². The van der Waals surface area contributed by atoms with Gasteiger partial charge in [-0.2, -0.15) is 0 Å². The summed E-state index contributed by atoms with van der Waals surface area (Å²) in [7, 11) is 0. The number of carbonyl (C=O) groups excluding carboxylic acids is 4. The monoisotopic (exact) mass is 616 g/mol. The molecule has 1 aliphatic heterocycles. The average molecular weight is 617 g/mol. The van der Waals surface area contributed by atoms with Gasteiger partial charge in [-0.1, -0.05) is 72.8 Å². The van der Waals surface area contributed by atoms with E-state index in [0.717, 1.165) is 4.90 Å². The number of nitrogens with one attached hydrogen (secondary N) is 1. The second-order valence-electron chi connectivity index (χ2n) is 11.1. The zero-order valence-corrected chi connectivity index (χ0v) is 24.7. The first-order chi connectivity index (χ1) is 23.0. The Bertz CT molecular complexity index is 2240. The van der Waals surface area contributed by atoms with Crippen molar-refractivity contribution in [2.24, 2.45) is 0 Å². The van der Waals surface area contributed by atoms with Crippen molar-refractivity contribution in [1.29, 1.82) is 0 Å². The lowest BCUT2D eigenvalue weighted by atomic mass is 9.78. The van der Waals surface area contributed by atoms with Gasteiger partial charge in [0.2, 0.25) is 0 Å². The number of para-hydroxylation sites is 4. The maximum absolute atomic E-state index is 14.4. The fourth-order valence-electron chi connectivity index (χ4n) is 6.18. The summed E-state index contributed by atoms with van der Waals surface area (Å²) in [6.07, 6.45) is 0. The van der Waals surface area contributed by atoms with Crippen LogP contribution in [0.15, 0.2) is 133 Å². The highest BCUT2D eigenvalue weighted by atomic mass is 16.5. The summed E-state index contributed by atoms with van der Waals surface area (Å²) in [6, 6.07) is 36.9. The lowest BCUT2D eigenvalue weighted by Crippen LogP contribution is -2.44. The number of amides is 2. The molecule has 1 aliphatic carbocycles. The molecule has 8 rings (SSSR count). The van der Waals surface area contributed by atoms with E-state index in [0.29, 0.717) is 22.9 Å². The summed E-state index contributed by atoms with van der Waals surface area (Å²) in [4.78, 5) is 58.5. The second kappa shape index (κ2) is 11.1. The van der Waals surface area contributed by atoms with Crippen LogP contribution in [-0.4, -0.2) is 29.4 Å². The van der Waals surface area contributed by atoms with Crippen LogP contribution < -0.4 is 19.7 Å². The number of carbonyl (C=O) groups is 4. The third-order valence-corrected chi connectivity index (χ3v) is 8.26. The van der Waals surface area contributed by atoms with Crippen LogP contribution in [0.1, 0.15) is 41.4 Å². The molecule has 0 aromatic heterocycles. The smallest absolute Gasteiger partial charge is 0.269 e. The lowest BCUT2D eigenvalue weighted by Gasteiger charge is -2.33. The zero-order valence-electron chi connectivity index (χ0n) is 24.7. The second-order valence-corrected chi connectivity index (χ2v) is 11.1. The van der Waals surface area contributed by atoms with Gasteiger partial charge >= 0.3 is 0 Å². The Kier molecular flexibility index (Phi) is 6.62. The number of hydrogen-bond donors (Lipinski definition) is 1. The molecule has 0 unspecified atom stereocenters. The molecule has 0 radical (unpaired) electrons. The number of anilines is 2. The average Bonchev–Trinajstić information content (AvgIpc) is 3.10. The Morgan fingerprint density at radius 1 is 0.511 bits per heavy atom. The Hall–Kier alpha value is -6.54. The minimum absolute atomic E-state index is 0.0636. The largest absolute Gasteiger partial charge is 0.457 e. The quantitative estimate of drug-likeness (QED) is 0.143. The lowest BCUT2D eigenvalue weighted by molar-refractivity contribution is 0.0856. The van der Waals surface area contributed by atoms with Gasteiger partial charge in [-0.05, 0) is 60.7 Å². The Balaban J connectivity index is 1.43. The molecule has 6 aromatic carbocycles. The number of benzene rings is 6. The van der Waals surface area contributed by atoms with Gasteiger partial charge in [0, 0.05) is 22.0 Å². The Morgan fingerprint density at radius 3 is 1.60 bits per heavy atom. The third kappa shape index (κ3) is 4.62. The summed E-state index contributed by atoms with van der Waals surface area (Å²) < 4.78 is 12.6. The molecule has 0 spiro atoms. The first kappa shape index (κ1) is 28.0. The number of nitrogens with zero attached hydrogens (tertiary/aromatic N) is 1. The van der Waals surface area contributed by atoms with Gasteiger partial charge in [0.15, 0.2) is 17.6 Å². The maximum atomic E-state index is 14.4. The predicted molar refractivity (Wildman–Crippen MR) is 177 cm³/mol. The van der Waals surface area contributed by atoms with Crippen LogP contribution in [0.25, 0.3) is 10.8 Å². The standard InChI is InChI=1S/C39H24N2O6/c42-36-27-21-30(47-26-19-11-4-12-20-26)34-32-28(38(44)41(39(34)45)24-15-7-2-8-16-24)22-29(46-25-17-9-3-10-18-25)33(31(27)32)37(43)35(36)40-23-13-5-1-6-14-23/h1-22,35,40H/t35-/m0/s1. The number of imide groups is 1. The molecular formula is C39H24N2O6. The van der Waals surface area contributed by atoms with E-state index in [9.17, 15) is 19.2 Å². The first-order valence-electron chi connectivity index (χ1n) is 15.0. The van der Waals surface area contributed by atoms with E-state index in [1.165, 1.54) is 12.1 Å². The highest BCUT2D eigenvalue weighted by molar-refractivity contribution is 6.42. The molecule has 1 N–H and O–H groups in total. The number of ether oxygens (including phenoxy) is 2. The molecule has 47 heavy (non-hydrogen) atoms. The fraction of sp³-hybridized carbons (Fsp3) is 0.0256. The molecule has 0 bridgehead atoms. The van der Waals surface area contributed by atoms with Crippen molar-refractivity contribution < 1.29 is 28.7 Å². The molecule has 2 aliphatic rings. The van der Waals surface area contributed by atoms with Gasteiger partial charge in [0.1, 0.15) is 23.0 Å². The van der Waals surface area contributed by atoms with E-state index in [4.69, 9.17) is 9.47 Å². The van der Waals surface area contributed by atoms with Crippen molar-refractivity contribution in [2.75, 3.05) is 10.2 Å². The Morgan fingerprint density at radius 2 is 1.00 bits per heavy atom. The van der Waals surface area contributed by atoms with Gasteiger partial charge in [0.25, 0.3) is 11.8 Å². The maximum Gasteiger partial charge on any atom is 0.269 e. The molecule has 0 fully saturated rings. The molecule has 0 saturated heterocycles. The minimum Gasteiger partial charge on any atom is -0.457 e. The summed E-state index contributed by atoms with van der Waals surface area (Å²) in [5.41, 5.74) is 1.32. The number of rotatable bonds is 7. The molecule has 8 heteroatoms. The summed E-state index contributed by atoms with van der Waals surface area (Å²) in [6.45, 7) is 0. The molecule has 226 valence electrons. The third-order valence-electron chi connectivity index (χ3n) is 8.26. The highest BCUT2D eigenvalue weighted by Gasteiger charge is 2.45. The van der Waals surface area contributed by atoms with Crippen LogP contribution in [0.3, 0.4) is 0 Å². The SMILES string of the molecule is O=C1c2cc(Oc3ccccc3)c3c4c(cc(Oc5ccccc5)c(c24)C(=O)[C@H]1Nc1ccccc1)C(=O)N(c1ccccc1)C3=O. The van der Waals surface area contributed by atoms with Crippen molar-refractivity contribution in [2.45, 2.75) is 6.04 Å². The highest BCUT2D eigenvalue weighted by Crippen LogP contribution is 2.48. The zero-order chi connectivity index (χ0) is 32.1. The van der Waals surface area contributed by atoms with Crippen LogP contribution >= 0.6 is 0 Å². The molecule has 1 heterocycles. The Labute approximate surface area is 268 Å². The van der Waals surface area contributed by atoms with Crippen molar-refractivity contribution in [3.8, 4) is 23.0 Å². The van der Waals surface area contributed by atoms with Crippen molar-refractivity contribution in [3.63, 3.8) is 0 Å². The first-order valence-corrected chi connectivity index (χ1v) is 15.0. The molecule has 6 aromatic rings. The van der Waals surface area contributed by atoms with Gasteiger partial charge in [-0.15, -0.1) is 0 Å². The van der Waals surface area contributed by atoms with Crippen molar-refractivity contribution in [3.05, 3.63) is 156 Å². The summed E-state index contributed by atoms with van der Waals surface area (Å²) >= 11 is 0. The summed E-state index contributed by atoms with van der Waals surface area (Å²) in [5.74, 6) is -1.30. The van der Waals surface area contributed by atoms with E-state index < -0.39 is 29.4 Å². The predicted octanol–water partition coefficient (Wildman–Crippen LogP) is 8.08. The van der Waals surface area contributed by atoms with Crippen LogP contribution in [0.4, 0.5) is 11.4 Å². The van der Waals surface area contributed by atoms with Crippen LogP contribution in [0.5, 0.6) is 23.0 Å². The normalized spacial score (nSPS) is 15.1. The van der Waals surface area contributed by atoms with E-state index in [-0.39, 0.29) is 44.5 Å². The van der Waals surface area contributed by atoms with Crippen LogP contribution in [-0.2, 0) is 0 Å². The molecule has 8 nitrogen and oxygen atoms in total. The van der Waals surface area contributed by atoms with Gasteiger partial charge in [0.05, 0.1) is 22.4 Å². The van der Waals surface area contributed by atoms with E-state index in [1.54, 1.807) is 103 Å². The van der Waals surface area contributed by atoms with Gasteiger partial charge in [-0.25, -0.2) is 4.90 Å². The molecule has 0 saturated carbocycles. The number of Topliss-reactive ketones (excluding diaryl/α,β-unsaturated/α-hetero) is 2. The molecule has 1 atom stereocenters. The van der Waals surface area contributed by atoms with Gasteiger partial charge in [-0.3, -0.25) is 19.2 Å². The van der Waals surface area contributed by atoms with Crippen LogP contribution in [0.2, 0.25) is 0 Å². The minimum atomic E-state index is -1.30. The topological polar surface area (TPSA) is 102 Å². The number of hydrogen-bond acceptors (Lipinski definition) is 7. The van der Waals surface area contributed by atoms with Crippen molar-refractivity contribution in [1.82, 2.24) is 0 Å². The molecule has 2 amide bonds. The van der Waals surface area contributed by atoms with E-state index in [1.807, 2.05) is 18.2 Å². The van der Waals surface area contributed by atoms with Crippen LogP contribution in [0, 0.1) is 0 Å². The fourth-order valence-corrected chi connectivity index (χ4v) is 6.18. The van der Waals surface area contributed by atoms with Crippen molar-refractivity contribution >= 4 is 45.5 Å². The van der Waals surface area contributed by atoms with E-state index >= 15 is 0 Å². The summed E-state index contributed by atoms with van der Waals surface area (Å²) in [5, 5.41) is 3.44. The molecular weight excluding hydrogens is 592 g/mol. The number of ketones is 2. The van der Waals surface area contributed by atoms with E-state index in [2.05, 4.69) is 5.32 Å².